The van der Waals surface area contributed by atoms with Crippen LogP contribution >= 0.6 is 11.6 Å². The van der Waals surface area contributed by atoms with Crippen molar-refractivity contribution < 1.29 is 0 Å². The largest absolute Gasteiger partial charge is 0.384 e. The van der Waals surface area contributed by atoms with E-state index in [0.29, 0.717) is 16.5 Å². The summed E-state index contributed by atoms with van der Waals surface area (Å²) in [6.45, 7) is 4.16. The van der Waals surface area contributed by atoms with Gasteiger partial charge in [0.25, 0.3) is 0 Å². The molecule has 0 radical (unpaired) electrons. The molecule has 0 aliphatic rings. The molecule has 0 fully saturated rings. The van der Waals surface area contributed by atoms with Crippen LogP contribution in [0, 0.1) is 5.41 Å². The Morgan fingerprint density at radius 1 is 1.39 bits per heavy atom. The molecule has 2 aromatic rings. The molecule has 3 N–H and O–H groups in total. The van der Waals surface area contributed by atoms with Gasteiger partial charge in [0, 0.05) is 16.8 Å². The quantitative estimate of drug-likeness (QED) is 0.660. The first kappa shape index (κ1) is 12.6. The second-order valence-electron chi connectivity index (χ2n) is 4.42. The molecule has 0 aliphatic heterocycles. The fraction of sp³-hybridized carbons (Fsp3) is 0.231. The van der Waals surface area contributed by atoms with Crippen molar-refractivity contribution in [2.24, 2.45) is 5.73 Å². The Bertz CT molecular complexity index is 586. The number of hydrogen-bond donors (Lipinski definition) is 2. The minimum Gasteiger partial charge on any atom is -0.384 e. The Balaban J connectivity index is 2.54. The van der Waals surface area contributed by atoms with Crippen LogP contribution in [0.4, 0.5) is 0 Å². The molecule has 0 unspecified atom stereocenters. The standard InChI is InChI=1S/C13H15ClN4/c1-8(2)11-5-6-18(17-11)12-7-9(14)3-4-10(12)13(15)16/h3-8H,1-2H3,(H3,15,16). The summed E-state index contributed by atoms with van der Waals surface area (Å²) >= 11 is 5.99. The fourth-order valence-corrected chi connectivity index (χ4v) is 1.87. The smallest absolute Gasteiger partial charge is 0.124 e. The fourth-order valence-electron chi connectivity index (χ4n) is 1.70. The van der Waals surface area contributed by atoms with E-state index in [1.54, 1.807) is 22.9 Å². The normalized spacial score (nSPS) is 10.9. The van der Waals surface area contributed by atoms with Crippen LogP contribution in [0.15, 0.2) is 30.5 Å². The molecular weight excluding hydrogens is 248 g/mol. The third-order valence-corrected chi connectivity index (χ3v) is 2.93. The van der Waals surface area contributed by atoms with Crippen LogP contribution in [0.2, 0.25) is 5.02 Å². The Morgan fingerprint density at radius 2 is 2.11 bits per heavy atom. The van der Waals surface area contributed by atoms with E-state index in [-0.39, 0.29) is 5.84 Å². The zero-order valence-corrected chi connectivity index (χ0v) is 11.1. The third-order valence-electron chi connectivity index (χ3n) is 2.70. The maximum atomic E-state index is 7.58. The second kappa shape index (κ2) is 4.82. The highest BCUT2D eigenvalue weighted by Gasteiger charge is 2.11. The molecule has 0 aliphatic carbocycles. The average Bonchev–Trinajstić information content (AvgIpc) is 2.77. The highest BCUT2D eigenvalue weighted by atomic mass is 35.5. The number of nitrogens with zero attached hydrogens (tertiary/aromatic N) is 2. The van der Waals surface area contributed by atoms with Crippen LogP contribution in [0.5, 0.6) is 0 Å². The lowest BCUT2D eigenvalue weighted by molar-refractivity contribution is 0.768. The molecule has 0 spiro atoms. The Kier molecular flexibility index (Phi) is 3.39. The number of hydrogen-bond acceptors (Lipinski definition) is 2. The Labute approximate surface area is 111 Å². The highest BCUT2D eigenvalue weighted by molar-refractivity contribution is 6.31. The van der Waals surface area contributed by atoms with Crippen molar-refractivity contribution >= 4 is 17.4 Å². The van der Waals surface area contributed by atoms with Crippen LogP contribution in [0.25, 0.3) is 5.69 Å². The van der Waals surface area contributed by atoms with Crippen LogP contribution in [-0.4, -0.2) is 15.6 Å². The minimum atomic E-state index is 0.00302. The van der Waals surface area contributed by atoms with Crippen molar-refractivity contribution in [2.45, 2.75) is 19.8 Å². The first-order valence-electron chi connectivity index (χ1n) is 5.69. The summed E-state index contributed by atoms with van der Waals surface area (Å²) in [6, 6.07) is 7.16. The lowest BCUT2D eigenvalue weighted by atomic mass is 10.1. The van der Waals surface area contributed by atoms with E-state index in [2.05, 4.69) is 18.9 Å². The molecular formula is C13H15ClN4. The van der Waals surface area contributed by atoms with Gasteiger partial charge >= 0.3 is 0 Å². The number of aromatic nitrogens is 2. The van der Waals surface area contributed by atoms with Crippen molar-refractivity contribution in [3.05, 3.63) is 46.7 Å². The van der Waals surface area contributed by atoms with Crippen LogP contribution in [0.1, 0.15) is 31.0 Å². The number of halogens is 1. The maximum Gasteiger partial charge on any atom is 0.124 e. The number of nitrogens with two attached hydrogens (primary N) is 1. The second-order valence-corrected chi connectivity index (χ2v) is 4.85. The summed E-state index contributed by atoms with van der Waals surface area (Å²) in [6.07, 6.45) is 1.85. The molecule has 5 heteroatoms. The molecule has 0 saturated carbocycles. The lowest BCUT2D eigenvalue weighted by Gasteiger charge is -2.09. The summed E-state index contributed by atoms with van der Waals surface area (Å²) in [5, 5.41) is 12.6. The van der Waals surface area contributed by atoms with Gasteiger partial charge in [0.2, 0.25) is 0 Å². The SMILES string of the molecule is CC(C)c1ccn(-c2cc(Cl)ccc2C(=N)N)n1. The number of amidine groups is 1. The number of benzene rings is 1. The number of rotatable bonds is 3. The minimum absolute atomic E-state index is 0.00302. The van der Waals surface area contributed by atoms with Gasteiger partial charge in [0.05, 0.1) is 11.4 Å². The maximum absolute atomic E-state index is 7.58. The van der Waals surface area contributed by atoms with Crippen molar-refractivity contribution in [2.75, 3.05) is 0 Å². The van der Waals surface area contributed by atoms with Crippen molar-refractivity contribution in [3.63, 3.8) is 0 Å². The van der Waals surface area contributed by atoms with Gasteiger partial charge in [-0.05, 0) is 30.2 Å². The van der Waals surface area contributed by atoms with Gasteiger partial charge < -0.3 is 5.73 Å². The molecule has 0 atom stereocenters. The summed E-state index contributed by atoms with van der Waals surface area (Å²) in [7, 11) is 0. The molecule has 0 amide bonds. The van der Waals surface area contributed by atoms with Gasteiger partial charge in [-0.15, -0.1) is 0 Å². The van der Waals surface area contributed by atoms with Crippen molar-refractivity contribution in [3.8, 4) is 5.69 Å². The monoisotopic (exact) mass is 262 g/mol. The van der Waals surface area contributed by atoms with E-state index < -0.39 is 0 Å². The highest BCUT2D eigenvalue weighted by Crippen LogP contribution is 2.21. The predicted molar refractivity (Wildman–Crippen MR) is 73.7 cm³/mol. The van der Waals surface area contributed by atoms with Gasteiger partial charge in [0.1, 0.15) is 5.84 Å². The Morgan fingerprint density at radius 3 is 2.67 bits per heavy atom. The molecule has 2 rings (SSSR count). The van der Waals surface area contributed by atoms with Gasteiger partial charge in [0.15, 0.2) is 0 Å². The molecule has 0 saturated heterocycles. The van der Waals surface area contributed by atoms with Crippen LogP contribution < -0.4 is 5.73 Å². The van der Waals surface area contributed by atoms with Crippen molar-refractivity contribution in [1.82, 2.24) is 9.78 Å². The molecule has 94 valence electrons. The molecule has 4 nitrogen and oxygen atoms in total. The van der Waals surface area contributed by atoms with E-state index in [1.165, 1.54) is 0 Å². The number of nitrogen functional groups attached to an aromatic ring is 1. The molecule has 1 aromatic heterocycles. The topological polar surface area (TPSA) is 67.7 Å². The Hall–Kier alpha value is -1.81. The van der Waals surface area contributed by atoms with E-state index in [1.807, 2.05) is 12.3 Å². The third kappa shape index (κ3) is 2.38. The van der Waals surface area contributed by atoms with Crippen LogP contribution in [-0.2, 0) is 0 Å². The molecule has 18 heavy (non-hydrogen) atoms. The van der Waals surface area contributed by atoms with Gasteiger partial charge in [-0.2, -0.15) is 5.10 Å². The van der Waals surface area contributed by atoms with E-state index in [9.17, 15) is 0 Å². The van der Waals surface area contributed by atoms with E-state index in [4.69, 9.17) is 22.7 Å². The summed E-state index contributed by atoms with van der Waals surface area (Å²) < 4.78 is 1.71. The predicted octanol–water partition coefficient (Wildman–Crippen LogP) is 2.93. The van der Waals surface area contributed by atoms with Crippen LogP contribution in [0.3, 0.4) is 0 Å². The van der Waals surface area contributed by atoms with Gasteiger partial charge in [-0.1, -0.05) is 25.4 Å². The van der Waals surface area contributed by atoms with E-state index in [0.717, 1.165) is 11.4 Å². The number of nitrogens with one attached hydrogen (secondary N) is 1. The lowest BCUT2D eigenvalue weighted by Crippen LogP contribution is -2.15. The molecule has 1 heterocycles. The van der Waals surface area contributed by atoms with E-state index >= 15 is 0 Å². The molecule has 0 bridgehead atoms. The first-order chi connectivity index (χ1) is 8.49. The molecule has 1 aromatic carbocycles. The average molecular weight is 263 g/mol. The van der Waals surface area contributed by atoms with Crippen molar-refractivity contribution in [1.29, 1.82) is 5.41 Å². The zero-order chi connectivity index (χ0) is 13.3. The van der Waals surface area contributed by atoms with Gasteiger partial charge in [-0.25, -0.2) is 4.68 Å². The van der Waals surface area contributed by atoms with Gasteiger partial charge in [-0.3, -0.25) is 5.41 Å². The summed E-state index contributed by atoms with van der Waals surface area (Å²) in [5.74, 6) is 0.356. The zero-order valence-electron chi connectivity index (χ0n) is 10.3. The first-order valence-corrected chi connectivity index (χ1v) is 6.06. The summed E-state index contributed by atoms with van der Waals surface area (Å²) in [4.78, 5) is 0. The summed E-state index contributed by atoms with van der Waals surface area (Å²) in [5.41, 5.74) is 7.90.